The standard InChI is InChI=1S/C15H13F4N3O4/c1-2-25-15(23)13-20-14(26-21-13)7-8(16)10(18)12(11(19)9(7)17)22-3-5-24-6-4-22/h2-6H2,1H3. The molecular weight excluding hydrogens is 362 g/mol. The van der Waals surface area contributed by atoms with Crippen LogP contribution in [0.1, 0.15) is 17.5 Å². The van der Waals surface area contributed by atoms with Gasteiger partial charge >= 0.3 is 5.97 Å². The van der Waals surface area contributed by atoms with Crippen molar-refractivity contribution in [1.29, 1.82) is 0 Å². The van der Waals surface area contributed by atoms with Crippen LogP contribution in [0.2, 0.25) is 0 Å². The molecular formula is C15H13F4N3O4. The number of aromatic nitrogens is 2. The van der Waals surface area contributed by atoms with Crippen molar-refractivity contribution in [3.05, 3.63) is 29.1 Å². The SMILES string of the molecule is CCOC(=O)c1noc(-c2c(F)c(F)c(N3CCOCC3)c(F)c2F)n1. The summed E-state index contributed by atoms with van der Waals surface area (Å²) in [6.07, 6.45) is 0. The second-order valence-electron chi connectivity index (χ2n) is 5.22. The van der Waals surface area contributed by atoms with Crippen LogP contribution in [0.4, 0.5) is 23.2 Å². The predicted molar refractivity (Wildman–Crippen MR) is 78.6 cm³/mol. The van der Waals surface area contributed by atoms with E-state index in [4.69, 9.17) is 4.74 Å². The quantitative estimate of drug-likeness (QED) is 0.461. The van der Waals surface area contributed by atoms with Gasteiger partial charge in [-0.3, -0.25) is 0 Å². The van der Waals surface area contributed by atoms with E-state index < -0.39 is 52.2 Å². The van der Waals surface area contributed by atoms with Gasteiger partial charge in [-0.15, -0.1) is 0 Å². The van der Waals surface area contributed by atoms with Crippen molar-refractivity contribution in [2.45, 2.75) is 6.92 Å². The third-order valence-corrected chi connectivity index (χ3v) is 3.67. The molecule has 3 rings (SSSR count). The molecule has 0 spiro atoms. The number of halogens is 4. The average molecular weight is 375 g/mol. The van der Waals surface area contributed by atoms with Crippen LogP contribution in [0, 0.1) is 23.3 Å². The fourth-order valence-electron chi connectivity index (χ4n) is 2.48. The molecule has 0 amide bonds. The highest BCUT2D eigenvalue weighted by Crippen LogP contribution is 2.36. The van der Waals surface area contributed by atoms with Crippen LogP contribution in [0.3, 0.4) is 0 Å². The Balaban J connectivity index is 2.05. The third-order valence-electron chi connectivity index (χ3n) is 3.67. The lowest BCUT2D eigenvalue weighted by Crippen LogP contribution is -2.37. The Labute approximate surface area is 144 Å². The van der Waals surface area contributed by atoms with Gasteiger partial charge in [-0.1, -0.05) is 0 Å². The predicted octanol–water partition coefficient (Wildman–Crippen LogP) is 2.31. The number of carbonyl (C=O) groups is 1. The zero-order valence-electron chi connectivity index (χ0n) is 13.5. The first-order valence-electron chi connectivity index (χ1n) is 7.65. The summed E-state index contributed by atoms with van der Waals surface area (Å²) < 4.78 is 71.9. The molecule has 1 fully saturated rings. The normalized spacial score (nSPS) is 14.6. The number of hydrogen-bond donors (Lipinski definition) is 0. The van der Waals surface area contributed by atoms with Gasteiger partial charge in [0, 0.05) is 13.1 Å². The minimum absolute atomic E-state index is 0.00291. The molecule has 0 radical (unpaired) electrons. The van der Waals surface area contributed by atoms with E-state index in [-0.39, 0.29) is 32.9 Å². The number of nitrogens with zero attached hydrogens (tertiary/aromatic N) is 3. The molecule has 0 unspecified atom stereocenters. The molecule has 11 heteroatoms. The van der Waals surface area contributed by atoms with Crippen LogP contribution in [-0.2, 0) is 9.47 Å². The molecule has 1 aliphatic heterocycles. The molecule has 0 N–H and O–H groups in total. The molecule has 26 heavy (non-hydrogen) atoms. The van der Waals surface area contributed by atoms with Crippen molar-refractivity contribution in [2.75, 3.05) is 37.8 Å². The molecule has 7 nitrogen and oxygen atoms in total. The summed E-state index contributed by atoms with van der Waals surface area (Å²) in [4.78, 5) is 16.1. The minimum Gasteiger partial charge on any atom is -0.460 e. The van der Waals surface area contributed by atoms with Crippen LogP contribution in [0.5, 0.6) is 0 Å². The van der Waals surface area contributed by atoms with Crippen LogP contribution >= 0.6 is 0 Å². The summed E-state index contributed by atoms with van der Waals surface area (Å²) in [6, 6.07) is 0. The maximum absolute atomic E-state index is 14.4. The Morgan fingerprint density at radius 3 is 2.31 bits per heavy atom. The highest BCUT2D eigenvalue weighted by atomic mass is 19.2. The van der Waals surface area contributed by atoms with Crippen molar-refractivity contribution in [3.8, 4) is 11.5 Å². The Hall–Kier alpha value is -2.69. The first kappa shape index (κ1) is 18.1. The maximum Gasteiger partial charge on any atom is 0.379 e. The largest absolute Gasteiger partial charge is 0.460 e. The summed E-state index contributed by atoms with van der Waals surface area (Å²) in [6.45, 7) is 1.99. The van der Waals surface area contributed by atoms with E-state index in [2.05, 4.69) is 19.4 Å². The van der Waals surface area contributed by atoms with Crippen molar-refractivity contribution >= 4 is 11.7 Å². The Bertz CT molecular complexity index is 808. The monoisotopic (exact) mass is 375 g/mol. The number of morpholine rings is 1. The second kappa shape index (κ2) is 7.28. The van der Waals surface area contributed by atoms with Gasteiger partial charge in [-0.25, -0.2) is 22.4 Å². The Morgan fingerprint density at radius 2 is 1.73 bits per heavy atom. The molecule has 0 atom stereocenters. The summed E-state index contributed by atoms with van der Waals surface area (Å²) in [7, 11) is 0. The van der Waals surface area contributed by atoms with Crippen LogP contribution < -0.4 is 4.90 Å². The molecule has 0 aliphatic carbocycles. The molecule has 1 saturated heterocycles. The van der Waals surface area contributed by atoms with Gasteiger partial charge in [0.05, 0.1) is 19.8 Å². The summed E-state index contributed by atoms with van der Waals surface area (Å²) in [5.74, 6) is -9.12. The van der Waals surface area contributed by atoms with E-state index in [9.17, 15) is 22.4 Å². The van der Waals surface area contributed by atoms with E-state index in [1.165, 1.54) is 6.92 Å². The number of anilines is 1. The van der Waals surface area contributed by atoms with Gasteiger partial charge in [0.25, 0.3) is 11.7 Å². The van der Waals surface area contributed by atoms with E-state index in [0.717, 1.165) is 4.90 Å². The molecule has 0 bridgehead atoms. The fraction of sp³-hybridized carbons (Fsp3) is 0.400. The number of benzene rings is 1. The summed E-state index contributed by atoms with van der Waals surface area (Å²) >= 11 is 0. The highest BCUT2D eigenvalue weighted by molar-refractivity contribution is 5.85. The first-order valence-corrected chi connectivity index (χ1v) is 7.65. The van der Waals surface area contributed by atoms with Crippen molar-refractivity contribution in [3.63, 3.8) is 0 Å². The summed E-state index contributed by atoms with van der Waals surface area (Å²) in [5.41, 5.74) is -2.03. The van der Waals surface area contributed by atoms with Crippen molar-refractivity contribution in [1.82, 2.24) is 10.1 Å². The minimum atomic E-state index is -1.70. The number of hydrogen-bond acceptors (Lipinski definition) is 7. The van der Waals surface area contributed by atoms with E-state index >= 15 is 0 Å². The molecule has 1 aliphatic rings. The molecule has 1 aromatic heterocycles. The molecule has 140 valence electrons. The first-order chi connectivity index (χ1) is 12.5. The average Bonchev–Trinajstić information content (AvgIpc) is 3.11. The van der Waals surface area contributed by atoms with Gasteiger partial charge in [0.1, 0.15) is 11.3 Å². The smallest absolute Gasteiger partial charge is 0.379 e. The highest BCUT2D eigenvalue weighted by Gasteiger charge is 2.33. The fourth-order valence-corrected chi connectivity index (χ4v) is 2.48. The van der Waals surface area contributed by atoms with Gasteiger partial charge < -0.3 is 18.9 Å². The van der Waals surface area contributed by atoms with Crippen molar-refractivity contribution < 1.29 is 36.4 Å². The number of ether oxygens (including phenoxy) is 2. The maximum atomic E-state index is 14.4. The van der Waals surface area contributed by atoms with Gasteiger partial charge in [-0.2, -0.15) is 4.98 Å². The van der Waals surface area contributed by atoms with E-state index in [1.807, 2.05) is 0 Å². The molecule has 1 aromatic carbocycles. The Morgan fingerprint density at radius 1 is 1.12 bits per heavy atom. The van der Waals surface area contributed by atoms with Crippen LogP contribution in [0.25, 0.3) is 11.5 Å². The second-order valence-corrected chi connectivity index (χ2v) is 5.22. The molecule has 2 aromatic rings. The third kappa shape index (κ3) is 3.09. The zero-order chi connectivity index (χ0) is 18.8. The number of esters is 1. The lowest BCUT2D eigenvalue weighted by atomic mass is 10.1. The Kier molecular flexibility index (Phi) is 5.07. The van der Waals surface area contributed by atoms with E-state index in [0.29, 0.717) is 0 Å². The lowest BCUT2D eigenvalue weighted by molar-refractivity contribution is 0.0508. The lowest BCUT2D eigenvalue weighted by Gasteiger charge is -2.29. The van der Waals surface area contributed by atoms with Crippen molar-refractivity contribution in [2.24, 2.45) is 0 Å². The topological polar surface area (TPSA) is 77.7 Å². The summed E-state index contributed by atoms with van der Waals surface area (Å²) in [5, 5.41) is 3.20. The van der Waals surface area contributed by atoms with Crippen LogP contribution in [-0.4, -0.2) is 49.0 Å². The van der Waals surface area contributed by atoms with Gasteiger partial charge in [-0.05, 0) is 12.1 Å². The van der Waals surface area contributed by atoms with Crippen LogP contribution in [0.15, 0.2) is 4.52 Å². The molecule has 2 heterocycles. The molecule has 0 saturated carbocycles. The number of rotatable bonds is 4. The van der Waals surface area contributed by atoms with Gasteiger partial charge in [0.2, 0.25) is 0 Å². The van der Waals surface area contributed by atoms with Gasteiger partial charge in [0.15, 0.2) is 23.3 Å². The zero-order valence-corrected chi connectivity index (χ0v) is 13.5. The number of carbonyl (C=O) groups excluding carboxylic acids is 1. The van der Waals surface area contributed by atoms with E-state index in [1.54, 1.807) is 0 Å².